The molecule has 1 rings (SSSR count). The summed E-state index contributed by atoms with van der Waals surface area (Å²) in [6.07, 6.45) is 8.51. The van der Waals surface area contributed by atoms with Gasteiger partial charge in [-0.2, -0.15) is 0 Å². The second kappa shape index (κ2) is 9.78. The van der Waals surface area contributed by atoms with Gasteiger partial charge < -0.3 is 0 Å². The highest BCUT2D eigenvalue weighted by atomic mass is 28.3. The van der Waals surface area contributed by atoms with E-state index in [4.69, 9.17) is 0 Å². The highest BCUT2D eigenvalue weighted by Crippen LogP contribution is 2.36. The summed E-state index contributed by atoms with van der Waals surface area (Å²) in [5, 5.41) is 1.62. The van der Waals surface area contributed by atoms with Crippen molar-refractivity contribution in [3.05, 3.63) is 41.5 Å². The Morgan fingerprint density at radius 2 is 1.55 bits per heavy atom. The molecule has 0 unspecified atom stereocenters. The van der Waals surface area contributed by atoms with Crippen LogP contribution < -0.4 is 0 Å². The first-order valence-electron chi connectivity index (χ1n) is 8.93. The summed E-state index contributed by atoms with van der Waals surface area (Å²) in [6, 6.07) is 12.1. The number of hydrogen-bond acceptors (Lipinski definition) is 1. The zero-order chi connectivity index (χ0) is 16.4. The van der Waals surface area contributed by atoms with Gasteiger partial charge in [0.2, 0.25) is 0 Å². The molecule has 0 heterocycles. The Balaban J connectivity index is 3.16. The molecule has 2 heteroatoms. The number of carbonyl (C=O) groups is 1. The molecule has 0 saturated carbocycles. The van der Waals surface area contributed by atoms with Gasteiger partial charge in [-0.3, -0.25) is 4.79 Å². The van der Waals surface area contributed by atoms with Gasteiger partial charge >= 0.3 is 0 Å². The lowest BCUT2D eigenvalue weighted by molar-refractivity contribution is 0.112. The van der Waals surface area contributed by atoms with Crippen LogP contribution in [0.2, 0.25) is 18.1 Å². The van der Waals surface area contributed by atoms with E-state index in [0.717, 1.165) is 11.8 Å². The van der Waals surface area contributed by atoms with Crippen molar-refractivity contribution in [3.8, 4) is 0 Å². The summed E-state index contributed by atoms with van der Waals surface area (Å²) in [5.41, 5.74) is 2.12. The predicted molar refractivity (Wildman–Crippen MR) is 101 cm³/mol. The van der Waals surface area contributed by atoms with Gasteiger partial charge in [-0.15, -0.1) is 0 Å². The molecule has 0 aliphatic carbocycles. The van der Waals surface area contributed by atoms with Gasteiger partial charge in [0, 0.05) is 5.56 Å². The molecule has 1 aromatic carbocycles. The van der Waals surface area contributed by atoms with E-state index in [9.17, 15) is 4.79 Å². The highest BCUT2D eigenvalue weighted by molar-refractivity contribution is 6.96. The molecular weight excluding hydrogens is 284 g/mol. The van der Waals surface area contributed by atoms with Crippen LogP contribution in [0.5, 0.6) is 0 Å². The second-order valence-electron chi connectivity index (χ2n) is 6.19. The molecule has 0 aromatic heterocycles. The minimum Gasteiger partial charge on any atom is -0.298 e. The van der Waals surface area contributed by atoms with Crippen LogP contribution in [-0.4, -0.2) is 14.4 Å². The predicted octanol–water partition coefficient (Wildman–Crippen LogP) is 6.51. The molecule has 0 fully saturated rings. The van der Waals surface area contributed by atoms with Crippen LogP contribution in [0.3, 0.4) is 0 Å². The van der Waals surface area contributed by atoms with Crippen molar-refractivity contribution >= 4 is 19.6 Å². The molecule has 1 nitrogen and oxygen atoms in total. The molecule has 0 atom stereocenters. The van der Waals surface area contributed by atoms with E-state index in [2.05, 4.69) is 45.9 Å². The third-order valence-electron chi connectivity index (χ3n) is 5.12. The summed E-state index contributed by atoms with van der Waals surface area (Å²) in [7, 11) is -1.40. The first-order valence-corrected chi connectivity index (χ1v) is 11.6. The topological polar surface area (TPSA) is 17.1 Å². The van der Waals surface area contributed by atoms with Crippen molar-refractivity contribution < 1.29 is 4.79 Å². The van der Waals surface area contributed by atoms with Crippen LogP contribution >= 0.6 is 0 Å². The molecule has 0 bridgehead atoms. The minimum absolute atomic E-state index is 0.769. The summed E-state index contributed by atoms with van der Waals surface area (Å²) in [6.45, 7) is 9.34. The maximum atomic E-state index is 10.9. The average Bonchev–Trinajstić information content (AvgIpc) is 2.58. The van der Waals surface area contributed by atoms with Gasteiger partial charge in [-0.1, -0.05) is 94.2 Å². The fraction of sp³-hybridized carbons (Fsp3) is 0.550. The van der Waals surface area contributed by atoms with Crippen LogP contribution in [0.1, 0.15) is 69.3 Å². The number of unbranched alkanes of at least 4 members (excludes halogenated alkanes) is 3. The van der Waals surface area contributed by atoms with Gasteiger partial charge in [-0.25, -0.2) is 0 Å². The quantitative estimate of drug-likeness (QED) is 0.273. The van der Waals surface area contributed by atoms with Crippen LogP contribution in [0.15, 0.2) is 30.3 Å². The molecule has 0 spiro atoms. The molecule has 0 radical (unpaired) electrons. The van der Waals surface area contributed by atoms with Crippen LogP contribution in [-0.2, 0) is 0 Å². The molecule has 122 valence electrons. The molecule has 0 N–H and O–H groups in total. The van der Waals surface area contributed by atoms with E-state index >= 15 is 0 Å². The van der Waals surface area contributed by atoms with Gasteiger partial charge in [-0.05, 0) is 18.4 Å². The average molecular weight is 317 g/mol. The Bertz CT molecular complexity index is 461. The Hall–Kier alpha value is -1.15. The lowest BCUT2D eigenvalue weighted by atomic mass is 10.1. The van der Waals surface area contributed by atoms with Gasteiger partial charge in [0.05, 0.1) is 8.07 Å². The van der Waals surface area contributed by atoms with E-state index in [-0.39, 0.29) is 0 Å². The van der Waals surface area contributed by atoms with E-state index in [1.165, 1.54) is 49.4 Å². The lowest BCUT2D eigenvalue weighted by Crippen LogP contribution is -2.33. The molecule has 0 amide bonds. The lowest BCUT2D eigenvalue weighted by Gasteiger charge is -2.32. The first-order chi connectivity index (χ1) is 10.7. The number of carbonyl (C=O) groups excluding carboxylic acids is 1. The number of hydrogen-bond donors (Lipinski definition) is 0. The van der Waals surface area contributed by atoms with Crippen molar-refractivity contribution in [3.63, 3.8) is 0 Å². The Morgan fingerprint density at radius 3 is 2.00 bits per heavy atom. The SMILES string of the molecule is CCCCC/C=C(\c1ccc(C=O)cc1)[Si](CC)(CC)CC. The smallest absolute Gasteiger partial charge is 0.150 e. The Morgan fingerprint density at radius 1 is 0.955 bits per heavy atom. The van der Waals surface area contributed by atoms with E-state index in [0.29, 0.717) is 0 Å². The van der Waals surface area contributed by atoms with Gasteiger partial charge in [0.15, 0.2) is 0 Å². The first kappa shape index (κ1) is 18.9. The molecule has 22 heavy (non-hydrogen) atoms. The molecule has 1 aromatic rings. The summed E-state index contributed by atoms with van der Waals surface area (Å²) in [4.78, 5) is 10.9. The van der Waals surface area contributed by atoms with Crippen molar-refractivity contribution in [2.24, 2.45) is 0 Å². The van der Waals surface area contributed by atoms with Gasteiger partial charge in [0.25, 0.3) is 0 Å². The zero-order valence-electron chi connectivity index (χ0n) is 14.8. The molecule has 0 saturated heterocycles. The van der Waals surface area contributed by atoms with Crippen molar-refractivity contribution in [2.75, 3.05) is 0 Å². The number of aldehydes is 1. The fourth-order valence-corrected chi connectivity index (χ4v) is 7.34. The van der Waals surface area contributed by atoms with Crippen molar-refractivity contribution in [1.82, 2.24) is 0 Å². The zero-order valence-corrected chi connectivity index (χ0v) is 15.8. The second-order valence-corrected chi connectivity index (χ2v) is 11.4. The molecule has 0 aliphatic rings. The molecular formula is C20H32OSi. The maximum Gasteiger partial charge on any atom is 0.150 e. The van der Waals surface area contributed by atoms with E-state index < -0.39 is 8.07 Å². The van der Waals surface area contributed by atoms with Crippen LogP contribution in [0.4, 0.5) is 0 Å². The third kappa shape index (κ3) is 4.67. The van der Waals surface area contributed by atoms with Gasteiger partial charge in [0.1, 0.15) is 6.29 Å². The Kier molecular flexibility index (Phi) is 8.40. The van der Waals surface area contributed by atoms with E-state index in [1.807, 2.05) is 12.1 Å². The summed E-state index contributed by atoms with van der Waals surface area (Å²) < 4.78 is 0. The highest BCUT2D eigenvalue weighted by Gasteiger charge is 2.31. The number of benzene rings is 1. The van der Waals surface area contributed by atoms with Crippen molar-refractivity contribution in [2.45, 2.75) is 71.5 Å². The number of rotatable bonds is 10. The number of allylic oxidation sites excluding steroid dienone is 1. The molecule has 0 aliphatic heterocycles. The van der Waals surface area contributed by atoms with Crippen LogP contribution in [0.25, 0.3) is 5.20 Å². The summed E-state index contributed by atoms with van der Waals surface area (Å²) in [5.74, 6) is 0. The maximum absolute atomic E-state index is 10.9. The normalized spacial score (nSPS) is 12.5. The third-order valence-corrected chi connectivity index (χ3v) is 10.8. The van der Waals surface area contributed by atoms with Crippen molar-refractivity contribution in [1.29, 1.82) is 0 Å². The fourth-order valence-electron chi connectivity index (χ4n) is 3.34. The monoisotopic (exact) mass is 316 g/mol. The van der Waals surface area contributed by atoms with E-state index in [1.54, 1.807) is 5.20 Å². The Labute approximate surface area is 137 Å². The summed E-state index contributed by atoms with van der Waals surface area (Å²) >= 11 is 0. The standard InChI is InChI=1S/C20H32OSi/c1-5-9-10-11-12-20(22(6-2,7-3)8-4)19-15-13-18(17-21)14-16-19/h12-17H,5-11H2,1-4H3/b20-12+. The minimum atomic E-state index is -1.40. The largest absolute Gasteiger partial charge is 0.298 e. The van der Waals surface area contributed by atoms with Crippen LogP contribution in [0, 0.1) is 0 Å².